The van der Waals surface area contributed by atoms with Gasteiger partial charge >= 0.3 is 0 Å². The molecule has 1 atom stereocenters. The Morgan fingerprint density at radius 3 is 2.10 bits per heavy atom. The molecule has 0 spiro atoms. The zero-order valence-corrected chi connectivity index (χ0v) is 20.2. The van der Waals surface area contributed by atoms with Crippen molar-refractivity contribution in [3.63, 3.8) is 0 Å². The standard InChI is InChI=1S/C28H43N/c1-9-22(10-2)20-27(29(7)8)26-13-11-12-23(15-14-21(26)3)24-16-18-25(19-17-24)28(4,5)6/h11-13,16-19,22,27H,9-10,14-15,20H2,1-8H3. The zero-order chi connectivity index (χ0) is 21.6. The fraction of sp³-hybridized carbons (Fsp3) is 0.571. The molecule has 1 heteroatoms. The van der Waals surface area contributed by atoms with E-state index in [1.807, 2.05) is 0 Å². The van der Waals surface area contributed by atoms with Gasteiger partial charge in [0.25, 0.3) is 0 Å². The molecule has 29 heavy (non-hydrogen) atoms. The molecule has 0 N–H and O–H groups in total. The number of rotatable bonds is 7. The second-order valence-corrected chi connectivity index (χ2v) is 10.0. The summed E-state index contributed by atoms with van der Waals surface area (Å²) in [5.74, 6) is 0.800. The SMILES string of the molecule is CCC(CC)CC(C1=C(C)CCC(c2ccc(C(C)(C)C)cc2)=CC=C1)N(C)C. The van der Waals surface area contributed by atoms with Gasteiger partial charge in [0.15, 0.2) is 0 Å². The molecule has 0 bridgehead atoms. The quantitative estimate of drug-likeness (QED) is 0.457. The molecule has 1 aliphatic rings. The molecule has 0 saturated heterocycles. The first-order chi connectivity index (χ1) is 13.7. The van der Waals surface area contributed by atoms with Gasteiger partial charge in [-0.05, 0) is 73.9 Å². The third-order valence-corrected chi connectivity index (χ3v) is 6.65. The molecule has 0 saturated carbocycles. The van der Waals surface area contributed by atoms with Crippen LogP contribution in [0.15, 0.2) is 53.6 Å². The molecule has 1 aliphatic carbocycles. The van der Waals surface area contributed by atoms with Crippen molar-refractivity contribution >= 4 is 5.57 Å². The molecule has 1 unspecified atom stereocenters. The van der Waals surface area contributed by atoms with Gasteiger partial charge in [0.2, 0.25) is 0 Å². The maximum absolute atomic E-state index is 2.42. The van der Waals surface area contributed by atoms with E-state index in [9.17, 15) is 0 Å². The summed E-state index contributed by atoms with van der Waals surface area (Å²) in [5, 5.41) is 0. The van der Waals surface area contributed by atoms with Crippen molar-refractivity contribution in [2.75, 3.05) is 14.1 Å². The minimum absolute atomic E-state index is 0.206. The Labute approximate surface area is 180 Å². The van der Waals surface area contributed by atoms with Crippen molar-refractivity contribution in [2.45, 2.75) is 85.1 Å². The molecule has 0 aliphatic heterocycles. The summed E-state index contributed by atoms with van der Waals surface area (Å²) in [6.45, 7) is 13.8. The van der Waals surface area contributed by atoms with Crippen LogP contribution in [0, 0.1) is 5.92 Å². The minimum Gasteiger partial charge on any atom is -0.302 e. The summed E-state index contributed by atoms with van der Waals surface area (Å²) in [6, 6.07) is 9.71. The van der Waals surface area contributed by atoms with Crippen LogP contribution in [0.4, 0.5) is 0 Å². The number of nitrogens with zero attached hydrogens (tertiary/aromatic N) is 1. The van der Waals surface area contributed by atoms with Gasteiger partial charge < -0.3 is 4.90 Å². The molecule has 0 aromatic heterocycles. The summed E-state index contributed by atoms with van der Waals surface area (Å²) in [5.41, 5.74) is 7.49. The Hall–Kier alpha value is -1.60. The largest absolute Gasteiger partial charge is 0.302 e. The molecule has 160 valence electrons. The van der Waals surface area contributed by atoms with Gasteiger partial charge in [0.05, 0.1) is 0 Å². The van der Waals surface area contributed by atoms with E-state index in [1.165, 1.54) is 41.5 Å². The Kier molecular flexibility index (Phi) is 8.52. The van der Waals surface area contributed by atoms with E-state index in [0.717, 1.165) is 18.8 Å². The Balaban J connectivity index is 2.25. The molecule has 2 rings (SSSR count). The first kappa shape index (κ1) is 23.7. The highest BCUT2D eigenvalue weighted by atomic mass is 15.1. The third kappa shape index (κ3) is 6.44. The van der Waals surface area contributed by atoms with Crippen molar-refractivity contribution < 1.29 is 0 Å². The summed E-state index contributed by atoms with van der Waals surface area (Å²) in [7, 11) is 4.47. The van der Waals surface area contributed by atoms with Crippen LogP contribution in [-0.2, 0) is 5.41 Å². The zero-order valence-electron chi connectivity index (χ0n) is 20.2. The maximum atomic E-state index is 2.42. The fourth-order valence-electron chi connectivity index (χ4n) is 4.33. The highest BCUT2D eigenvalue weighted by molar-refractivity contribution is 5.68. The van der Waals surface area contributed by atoms with Crippen molar-refractivity contribution in [1.29, 1.82) is 0 Å². The summed E-state index contributed by atoms with van der Waals surface area (Å²) >= 11 is 0. The fourth-order valence-corrected chi connectivity index (χ4v) is 4.33. The van der Waals surface area contributed by atoms with Gasteiger partial charge in [0, 0.05) is 6.04 Å². The lowest BCUT2D eigenvalue weighted by molar-refractivity contribution is 0.270. The smallest absolute Gasteiger partial charge is 0.0344 e. The molecule has 1 aromatic rings. The lowest BCUT2D eigenvalue weighted by atomic mass is 9.84. The Morgan fingerprint density at radius 1 is 0.966 bits per heavy atom. The van der Waals surface area contributed by atoms with Gasteiger partial charge in [0.1, 0.15) is 0 Å². The van der Waals surface area contributed by atoms with E-state index in [2.05, 4.69) is 103 Å². The Bertz CT molecular complexity index is 734. The van der Waals surface area contributed by atoms with Gasteiger partial charge in [-0.15, -0.1) is 0 Å². The third-order valence-electron chi connectivity index (χ3n) is 6.65. The number of likely N-dealkylation sites (N-methyl/N-ethyl adjacent to an activating group) is 1. The summed E-state index contributed by atoms with van der Waals surface area (Å²) in [4.78, 5) is 2.42. The van der Waals surface area contributed by atoms with Crippen molar-refractivity contribution in [3.05, 3.63) is 64.8 Å². The molecular formula is C28H43N. The van der Waals surface area contributed by atoms with Crippen LogP contribution in [0.3, 0.4) is 0 Å². The van der Waals surface area contributed by atoms with E-state index in [4.69, 9.17) is 0 Å². The van der Waals surface area contributed by atoms with Crippen LogP contribution >= 0.6 is 0 Å². The molecule has 0 fully saturated rings. The number of hydrogen-bond acceptors (Lipinski definition) is 1. The number of benzene rings is 1. The van der Waals surface area contributed by atoms with Crippen LogP contribution in [0.25, 0.3) is 5.57 Å². The number of allylic oxidation sites excluding steroid dienone is 4. The average molecular weight is 394 g/mol. The maximum Gasteiger partial charge on any atom is 0.0344 e. The molecule has 0 heterocycles. The van der Waals surface area contributed by atoms with E-state index in [0.29, 0.717) is 6.04 Å². The molecule has 1 nitrogen and oxygen atoms in total. The first-order valence-electron chi connectivity index (χ1n) is 11.5. The minimum atomic E-state index is 0.206. The van der Waals surface area contributed by atoms with Crippen LogP contribution in [0.2, 0.25) is 0 Å². The topological polar surface area (TPSA) is 3.24 Å². The highest BCUT2D eigenvalue weighted by Gasteiger charge is 2.21. The lowest BCUT2D eigenvalue weighted by Gasteiger charge is -2.31. The van der Waals surface area contributed by atoms with E-state index in [-0.39, 0.29) is 5.41 Å². The molecular weight excluding hydrogens is 350 g/mol. The first-order valence-corrected chi connectivity index (χ1v) is 11.5. The van der Waals surface area contributed by atoms with Crippen LogP contribution in [-0.4, -0.2) is 25.0 Å². The predicted molar refractivity (Wildman–Crippen MR) is 130 cm³/mol. The van der Waals surface area contributed by atoms with Crippen molar-refractivity contribution in [3.8, 4) is 0 Å². The Morgan fingerprint density at radius 2 is 1.59 bits per heavy atom. The monoisotopic (exact) mass is 393 g/mol. The predicted octanol–water partition coefficient (Wildman–Crippen LogP) is 7.79. The molecule has 0 radical (unpaired) electrons. The second kappa shape index (κ2) is 10.4. The normalized spacial score (nSPS) is 16.8. The van der Waals surface area contributed by atoms with E-state index < -0.39 is 0 Å². The van der Waals surface area contributed by atoms with Gasteiger partial charge in [-0.2, -0.15) is 0 Å². The van der Waals surface area contributed by atoms with E-state index >= 15 is 0 Å². The van der Waals surface area contributed by atoms with Crippen molar-refractivity contribution in [2.24, 2.45) is 5.92 Å². The van der Waals surface area contributed by atoms with E-state index in [1.54, 1.807) is 5.57 Å². The molecule has 1 aromatic carbocycles. The van der Waals surface area contributed by atoms with Gasteiger partial charge in [-0.1, -0.05) is 95.5 Å². The summed E-state index contributed by atoms with van der Waals surface area (Å²) < 4.78 is 0. The number of hydrogen-bond donors (Lipinski definition) is 0. The summed E-state index contributed by atoms with van der Waals surface area (Å²) in [6.07, 6.45) is 13.0. The van der Waals surface area contributed by atoms with Crippen molar-refractivity contribution in [1.82, 2.24) is 4.90 Å². The van der Waals surface area contributed by atoms with Crippen LogP contribution in [0.1, 0.15) is 84.8 Å². The molecule has 0 amide bonds. The average Bonchev–Trinajstić information content (AvgIpc) is 2.66. The van der Waals surface area contributed by atoms with Gasteiger partial charge in [-0.25, -0.2) is 0 Å². The van der Waals surface area contributed by atoms with Crippen LogP contribution < -0.4 is 0 Å². The highest BCUT2D eigenvalue weighted by Crippen LogP contribution is 2.31. The van der Waals surface area contributed by atoms with Gasteiger partial charge in [-0.3, -0.25) is 0 Å². The van der Waals surface area contributed by atoms with Crippen LogP contribution in [0.5, 0.6) is 0 Å². The second-order valence-electron chi connectivity index (χ2n) is 10.0. The lowest BCUT2D eigenvalue weighted by Crippen LogP contribution is -2.32.